The Hall–Kier alpha value is -9.76. The average molecular weight is 951 g/mol. The largest absolute Gasteiger partial charge is 0.309 e. The zero-order chi connectivity index (χ0) is 49.2. The molecule has 0 N–H and O–H groups in total. The van der Waals surface area contributed by atoms with E-state index in [-0.39, 0.29) is 0 Å². The van der Waals surface area contributed by atoms with Crippen molar-refractivity contribution >= 4 is 43.6 Å². The molecule has 2 aromatic heterocycles. The quantitative estimate of drug-likeness (QED) is 0.166. The maximum absolute atomic E-state index is 2.60. The molecule has 0 radical (unpaired) electrons. The number of nitrogens with zero attached hydrogens (tertiary/aromatic N) is 2. The highest BCUT2D eigenvalue weighted by Crippen LogP contribution is 2.62. The molecular weight excluding hydrogens is 905 g/mol. The number of aromatic nitrogens is 2. The summed E-state index contributed by atoms with van der Waals surface area (Å²) in [6, 6.07) is 105. The lowest BCUT2D eigenvalue weighted by Gasteiger charge is -2.37. The Morgan fingerprint density at radius 2 is 0.573 bits per heavy atom. The van der Waals surface area contributed by atoms with Crippen molar-refractivity contribution < 1.29 is 0 Å². The van der Waals surface area contributed by atoms with Crippen molar-refractivity contribution in [3.63, 3.8) is 0 Å². The van der Waals surface area contributed by atoms with Crippen molar-refractivity contribution in [2.45, 2.75) is 5.41 Å². The molecule has 348 valence electrons. The van der Waals surface area contributed by atoms with Gasteiger partial charge in [0.2, 0.25) is 0 Å². The van der Waals surface area contributed by atoms with Crippen LogP contribution >= 0.6 is 0 Å². The molecule has 2 heteroatoms. The van der Waals surface area contributed by atoms with Gasteiger partial charge in [-0.05, 0) is 150 Å². The van der Waals surface area contributed by atoms with E-state index in [1.165, 1.54) is 133 Å². The molecule has 2 aliphatic carbocycles. The van der Waals surface area contributed by atoms with Crippen LogP contribution in [0.2, 0.25) is 0 Å². The molecule has 0 amide bonds. The fourth-order valence-corrected chi connectivity index (χ4v) is 13.4. The zero-order valence-corrected chi connectivity index (χ0v) is 41.0. The Morgan fingerprint density at radius 3 is 1.09 bits per heavy atom. The second-order valence-corrected chi connectivity index (χ2v) is 20.3. The fourth-order valence-electron chi connectivity index (χ4n) is 13.4. The van der Waals surface area contributed by atoms with Crippen LogP contribution in [0, 0.1) is 0 Å². The highest BCUT2D eigenvalue weighted by atomic mass is 15.0. The first-order chi connectivity index (χ1) is 37.2. The third-order valence-corrected chi connectivity index (χ3v) is 16.5. The molecule has 0 bridgehead atoms. The van der Waals surface area contributed by atoms with Crippen LogP contribution in [0.1, 0.15) is 22.3 Å². The molecule has 14 aromatic rings. The maximum atomic E-state index is 2.60. The van der Waals surface area contributed by atoms with Gasteiger partial charge >= 0.3 is 0 Å². The number of fused-ring (bicyclic) bond motifs is 20. The number of hydrogen-bond acceptors (Lipinski definition) is 0. The molecule has 0 saturated heterocycles. The normalized spacial score (nSPS) is 12.9. The van der Waals surface area contributed by atoms with E-state index in [0.29, 0.717) is 0 Å². The molecule has 0 aliphatic heterocycles. The molecule has 75 heavy (non-hydrogen) atoms. The number of para-hydroxylation sites is 2. The summed E-state index contributed by atoms with van der Waals surface area (Å²) in [6.07, 6.45) is 0. The Balaban J connectivity index is 1.10. The maximum Gasteiger partial charge on any atom is 0.0726 e. The molecule has 2 nitrogen and oxygen atoms in total. The van der Waals surface area contributed by atoms with Crippen LogP contribution in [0.5, 0.6) is 0 Å². The van der Waals surface area contributed by atoms with Crippen LogP contribution in [-0.4, -0.2) is 9.13 Å². The molecule has 0 atom stereocenters. The van der Waals surface area contributed by atoms with Crippen LogP contribution in [0.4, 0.5) is 0 Å². The number of rotatable bonds is 4. The predicted octanol–water partition coefficient (Wildman–Crippen LogP) is 18.9. The highest BCUT2D eigenvalue weighted by Gasteiger charge is 2.50. The van der Waals surface area contributed by atoms with Gasteiger partial charge < -0.3 is 9.13 Å². The summed E-state index contributed by atoms with van der Waals surface area (Å²) < 4.78 is 5.02. The number of benzene rings is 12. The van der Waals surface area contributed by atoms with E-state index in [9.17, 15) is 0 Å². The third-order valence-electron chi connectivity index (χ3n) is 16.5. The molecule has 0 unspecified atom stereocenters. The topological polar surface area (TPSA) is 9.86 Å². The standard InChI is InChI=1S/C73H46N2/c1-3-21-47(22-4-1)49-25-19-27-51(41-49)74-70-40-18-14-36-60(70)64-44-67-62(45-71(64)74)56-32-10-8-30-54(56)53-29-7-9-31-55(53)61-43-63-59-35-13-17-39-69(59)75(52-28-20-26-50(42-52)48-23-5-2-6-24-48)72(63)46-68(61)73(67)65-37-15-11-33-57(65)58-34-12-16-38-66(58)73/h1-46H. The summed E-state index contributed by atoms with van der Waals surface area (Å²) in [4.78, 5) is 0. The van der Waals surface area contributed by atoms with Gasteiger partial charge in [0.25, 0.3) is 0 Å². The van der Waals surface area contributed by atoms with E-state index < -0.39 is 5.41 Å². The van der Waals surface area contributed by atoms with E-state index in [2.05, 4.69) is 288 Å². The van der Waals surface area contributed by atoms with Gasteiger partial charge in [0.1, 0.15) is 0 Å². The fraction of sp³-hybridized carbons (Fsp3) is 0.0137. The van der Waals surface area contributed by atoms with Crippen LogP contribution in [-0.2, 0) is 5.41 Å². The molecule has 0 saturated carbocycles. The summed E-state index contributed by atoms with van der Waals surface area (Å²) in [5, 5.41) is 4.90. The second kappa shape index (κ2) is 16.1. The zero-order valence-electron chi connectivity index (χ0n) is 41.0. The minimum absolute atomic E-state index is 0.783. The molecule has 0 fully saturated rings. The van der Waals surface area contributed by atoms with Gasteiger partial charge in [0.05, 0.1) is 27.5 Å². The van der Waals surface area contributed by atoms with Gasteiger partial charge in [-0.1, -0.05) is 218 Å². The molecule has 1 spiro atoms. The molecule has 2 aliphatic rings. The van der Waals surface area contributed by atoms with Gasteiger partial charge in [0, 0.05) is 32.9 Å². The minimum atomic E-state index is -0.783. The third kappa shape index (κ3) is 5.97. The SMILES string of the molecule is c1ccc(-c2cccc(-n3c4ccccc4c4cc5c(cc43)-c3ccccc3-c3ccccc3-c3cc4c6ccccc6n(-c6cccc(-c7ccccc7)c6)c4cc3C53c4ccccc4-c4ccccc43)c2)cc1. The Morgan fingerprint density at radius 1 is 0.200 bits per heavy atom. The lowest BCUT2D eigenvalue weighted by Crippen LogP contribution is -2.30. The van der Waals surface area contributed by atoms with Crippen LogP contribution < -0.4 is 0 Å². The molecule has 16 rings (SSSR count). The van der Waals surface area contributed by atoms with Gasteiger partial charge in [-0.2, -0.15) is 0 Å². The monoisotopic (exact) mass is 950 g/mol. The van der Waals surface area contributed by atoms with E-state index >= 15 is 0 Å². The van der Waals surface area contributed by atoms with E-state index in [1.807, 2.05) is 0 Å². The summed E-state index contributed by atoms with van der Waals surface area (Å²) in [5.41, 5.74) is 25.9. The molecular formula is C73H46N2. The van der Waals surface area contributed by atoms with Crippen LogP contribution in [0.25, 0.3) is 122 Å². The van der Waals surface area contributed by atoms with Gasteiger partial charge in [-0.15, -0.1) is 0 Å². The van der Waals surface area contributed by atoms with Crippen molar-refractivity contribution in [1.82, 2.24) is 9.13 Å². The molecule has 2 heterocycles. The molecule has 12 aromatic carbocycles. The van der Waals surface area contributed by atoms with Crippen LogP contribution in [0.3, 0.4) is 0 Å². The number of hydrogen-bond donors (Lipinski definition) is 0. The van der Waals surface area contributed by atoms with E-state index in [0.717, 1.165) is 11.4 Å². The summed E-state index contributed by atoms with van der Waals surface area (Å²) in [5.74, 6) is 0. The average Bonchev–Trinajstić information content (AvgIpc) is 4.28. The predicted molar refractivity (Wildman–Crippen MR) is 313 cm³/mol. The Kier molecular flexibility index (Phi) is 8.99. The highest BCUT2D eigenvalue weighted by molar-refractivity contribution is 6.15. The van der Waals surface area contributed by atoms with Crippen molar-refractivity contribution in [1.29, 1.82) is 0 Å². The summed E-state index contributed by atoms with van der Waals surface area (Å²) in [7, 11) is 0. The first-order valence-electron chi connectivity index (χ1n) is 26.1. The van der Waals surface area contributed by atoms with Crippen molar-refractivity contribution in [2.75, 3.05) is 0 Å². The first kappa shape index (κ1) is 41.8. The Labute approximate surface area is 435 Å². The van der Waals surface area contributed by atoms with Gasteiger partial charge in [-0.25, -0.2) is 0 Å². The Bertz CT molecular complexity index is 4600. The van der Waals surface area contributed by atoms with Gasteiger partial charge in [0.15, 0.2) is 0 Å². The second-order valence-electron chi connectivity index (χ2n) is 20.3. The van der Waals surface area contributed by atoms with Crippen molar-refractivity contribution in [3.05, 3.63) is 301 Å². The van der Waals surface area contributed by atoms with Crippen molar-refractivity contribution in [3.8, 4) is 78.1 Å². The van der Waals surface area contributed by atoms with E-state index in [1.54, 1.807) is 0 Å². The van der Waals surface area contributed by atoms with Gasteiger partial charge in [-0.3, -0.25) is 0 Å². The van der Waals surface area contributed by atoms with Crippen LogP contribution in [0.15, 0.2) is 279 Å². The lowest BCUT2D eigenvalue weighted by molar-refractivity contribution is 0.775. The summed E-state index contributed by atoms with van der Waals surface area (Å²) >= 11 is 0. The lowest BCUT2D eigenvalue weighted by atomic mass is 9.64. The van der Waals surface area contributed by atoms with Crippen molar-refractivity contribution in [2.24, 2.45) is 0 Å². The smallest absolute Gasteiger partial charge is 0.0726 e. The first-order valence-corrected chi connectivity index (χ1v) is 26.1. The summed E-state index contributed by atoms with van der Waals surface area (Å²) in [6.45, 7) is 0. The minimum Gasteiger partial charge on any atom is -0.309 e. The van der Waals surface area contributed by atoms with E-state index in [4.69, 9.17) is 0 Å².